The number of carboxylic acid groups (broad SMARTS) is 1. The van der Waals surface area contributed by atoms with Crippen LogP contribution in [0.3, 0.4) is 0 Å². The highest BCUT2D eigenvalue weighted by Gasteiger charge is 2.11. The lowest BCUT2D eigenvalue weighted by molar-refractivity contribution is -0.147. The lowest BCUT2D eigenvalue weighted by atomic mass is 10.2. The molecule has 0 radical (unpaired) electrons. The van der Waals surface area contributed by atoms with Crippen LogP contribution in [0.25, 0.3) is 12.2 Å². The van der Waals surface area contributed by atoms with Crippen LogP contribution in [0.5, 0.6) is 0 Å². The van der Waals surface area contributed by atoms with E-state index in [0.29, 0.717) is 5.69 Å². The number of carbonyl (C=O) groups is 2. The van der Waals surface area contributed by atoms with Crippen molar-refractivity contribution in [2.45, 2.75) is 0 Å². The number of nitrogens with one attached hydrogen (secondary N) is 1. The summed E-state index contributed by atoms with van der Waals surface area (Å²) in [7, 11) is 0. The third kappa shape index (κ3) is 3.78. The molecular formula is C15H12N2O3. The summed E-state index contributed by atoms with van der Waals surface area (Å²) in [4.78, 5) is 25.6. The minimum Gasteiger partial charge on any atom is -0.474 e. The van der Waals surface area contributed by atoms with Crippen LogP contribution in [0.1, 0.15) is 11.3 Å². The van der Waals surface area contributed by atoms with Crippen LogP contribution in [0, 0.1) is 0 Å². The zero-order chi connectivity index (χ0) is 14.4. The molecule has 1 heterocycles. The number of hydrogen-bond acceptors (Lipinski definition) is 3. The number of anilines is 1. The lowest BCUT2D eigenvalue weighted by Gasteiger charge is -2.01. The maximum atomic E-state index is 11.0. The van der Waals surface area contributed by atoms with Gasteiger partial charge < -0.3 is 10.4 Å². The third-order valence-corrected chi connectivity index (χ3v) is 2.45. The van der Waals surface area contributed by atoms with Gasteiger partial charge in [-0.2, -0.15) is 0 Å². The zero-order valence-electron chi connectivity index (χ0n) is 10.5. The quantitative estimate of drug-likeness (QED) is 0.837. The van der Waals surface area contributed by atoms with E-state index >= 15 is 0 Å². The predicted octanol–water partition coefficient (Wildman–Crippen LogP) is 2.28. The van der Waals surface area contributed by atoms with Crippen molar-refractivity contribution in [2.75, 3.05) is 5.32 Å². The molecule has 1 aromatic heterocycles. The van der Waals surface area contributed by atoms with Crippen molar-refractivity contribution in [3.8, 4) is 0 Å². The van der Waals surface area contributed by atoms with Crippen LogP contribution >= 0.6 is 0 Å². The van der Waals surface area contributed by atoms with Crippen LogP contribution in [0.2, 0.25) is 0 Å². The Kier molecular flexibility index (Phi) is 4.24. The van der Waals surface area contributed by atoms with Gasteiger partial charge in [-0.15, -0.1) is 0 Å². The van der Waals surface area contributed by atoms with Gasteiger partial charge in [0.05, 0.1) is 5.69 Å². The maximum absolute atomic E-state index is 11.0. The van der Waals surface area contributed by atoms with E-state index in [0.717, 1.165) is 5.56 Å². The first kappa shape index (κ1) is 13.5. The first-order chi connectivity index (χ1) is 9.65. The Morgan fingerprint density at radius 1 is 1.00 bits per heavy atom. The van der Waals surface area contributed by atoms with E-state index in [2.05, 4.69) is 10.3 Å². The maximum Gasteiger partial charge on any atom is 0.394 e. The number of benzene rings is 1. The molecule has 2 N–H and O–H groups in total. The topological polar surface area (TPSA) is 79.3 Å². The molecule has 0 aliphatic carbocycles. The fourth-order valence-corrected chi connectivity index (χ4v) is 1.53. The SMILES string of the molecule is O=C(O)C(=O)Nc1cccc(C=Cc2ccccc2)n1. The minimum atomic E-state index is -1.54. The summed E-state index contributed by atoms with van der Waals surface area (Å²) >= 11 is 0. The molecule has 0 aliphatic rings. The summed E-state index contributed by atoms with van der Waals surface area (Å²) in [6.07, 6.45) is 3.66. The molecule has 0 fully saturated rings. The van der Waals surface area contributed by atoms with Crippen LogP contribution in [-0.2, 0) is 9.59 Å². The van der Waals surface area contributed by atoms with Gasteiger partial charge in [-0.05, 0) is 23.8 Å². The summed E-state index contributed by atoms with van der Waals surface area (Å²) in [5.41, 5.74) is 1.64. The first-order valence-electron chi connectivity index (χ1n) is 5.89. The number of rotatable bonds is 3. The van der Waals surface area contributed by atoms with Crippen molar-refractivity contribution >= 4 is 29.8 Å². The number of amides is 1. The van der Waals surface area contributed by atoms with Gasteiger partial charge in [0, 0.05) is 0 Å². The molecule has 1 aromatic carbocycles. The zero-order valence-corrected chi connectivity index (χ0v) is 10.5. The Labute approximate surface area is 115 Å². The molecule has 5 heteroatoms. The van der Waals surface area contributed by atoms with E-state index in [1.165, 1.54) is 6.07 Å². The average molecular weight is 268 g/mol. The second-order valence-electron chi connectivity index (χ2n) is 3.95. The molecule has 5 nitrogen and oxygen atoms in total. The number of aromatic nitrogens is 1. The summed E-state index contributed by atoms with van der Waals surface area (Å²) in [5, 5.41) is 10.7. The van der Waals surface area contributed by atoms with E-state index in [4.69, 9.17) is 5.11 Å². The highest BCUT2D eigenvalue weighted by atomic mass is 16.4. The number of carbonyl (C=O) groups excluding carboxylic acids is 1. The first-order valence-corrected chi connectivity index (χ1v) is 5.89. The molecule has 20 heavy (non-hydrogen) atoms. The van der Waals surface area contributed by atoms with Crippen molar-refractivity contribution in [3.63, 3.8) is 0 Å². The molecule has 1 amide bonds. The summed E-state index contributed by atoms with van der Waals surface area (Å²) in [5.74, 6) is -2.45. The molecule has 0 atom stereocenters. The van der Waals surface area contributed by atoms with Crippen LogP contribution in [-0.4, -0.2) is 22.0 Å². The fraction of sp³-hybridized carbons (Fsp3) is 0. The van der Waals surface area contributed by atoms with Gasteiger partial charge in [0.1, 0.15) is 5.82 Å². The Balaban J connectivity index is 2.12. The Morgan fingerprint density at radius 3 is 2.45 bits per heavy atom. The van der Waals surface area contributed by atoms with Gasteiger partial charge in [-0.25, -0.2) is 9.78 Å². The van der Waals surface area contributed by atoms with Gasteiger partial charge >= 0.3 is 11.9 Å². The second kappa shape index (κ2) is 6.29. The van der Waals surface area contributed by atoms with Gasteiger partial charge in [-0.3, -0.25) is 4.79 Å². The fourth-order valence-electron chi connectivity index (χ4n) is 1.53. The summed E-state index contributed by atoms with van der Waals surface area (Å²) < 4.78 is 0. The second-order valence-corrected chi connectivity index (χ2v) is 3.95. The van der Waals surface area contributed by atoms with E-state index in [9.17, 15) is 9.59 Å². The monoisotopic (exact) mass is 268 g/mol. The molecule has 100 valence electrons. The Bertz CT molecular complexity index is 651. The minimum absolute atomic E-state index is 0.201. The van der Waals surface area contributed by atoms with Gasteiger partial charge in [0.15, 0.2) is 0 Å². The smallest absolute Gasteiger partial charge is 0.394 e. The van der Waals surface area contributed by atoms with Crippen molar-refractivity contribution in [1.29, 1.82) is 0 Å². The van der Waals surface area contributed by atoms with Crippen molar-refractivity contribution in [3.05, 3.63) is 59.8 Å². The highest BCUT2D eigenvalue weighted by Crippen LogP contribution is 2.09. The molecule has 0 spiro atoms. The van der Waals surface area contributed by atoms with Crippen molar-refractivity contribution < 1.29 is 14.7 Å². The lowest BCUT2D eigenvalue weighted by Crippen LogP contribution is -2.22. The molecule has 0 unspecified atom stereocenters. The van der Waals surface area contributed by atoms with Crippen molar-refractivity contribution in [1.82, 2.24) is 4.98 Å². The Morgan fingerprint density at radius 2 is 1.75 bits per heavy atom. The number of hydrogen-bond donors (Lipinski definition) is 2. The van der Waals surface area contributed by atoms with E-state index in [1.54, 1.807) is 18.2 Å². The van der Waals surface area contributed by atoms with Gasteiger partial charge in [0.2, 0.25) is 0 Å². The number of pyridine rings is 1. The standard InChI is InChI=1S/C15H12N2O3/c18-14(15(19)20)17-13-8-4-7-12(16-13)10-9-11-5-2-1-3-6-11/h1-10H,(H,19,20)(H,16,17,18). The predicted molar refractivity (Wildman–Crippen MR) is 75.9 cm³/mol. The molecule has 0 aliphatic heterocycles. The van der Waals surface area contributed by atoms with Crippen LogP contribution in [0.4, 0.5) is 5.82 Å². The third-order valence-electron chi connectivity index (χ3n) is 2.45. The number of aliphatic carboxylic acids is 1. The molecule has 0 bridgehead atoms. The van der Waals surface area contributed by atoms with Gasteiger partial charge in [0.25, 0.3) is 0 Å². The summed E-state index contributed by atoms with van der Waals surface area (Å²) in [6, 6.07) is 14.7. The van der Waals surface area contributed by atoms with Crippen LogP contribution < -0.4 is 5.32 Å². The van der Waals surface area contributed by atoms with Crippen LogP contribution in [0.15, 0.2) is 48.5 Å². The number of carboxylic acids is 1. The molecule has 0 saturated heterocycles. The normalized spacial score (nSPS) is 10.4. The van der Waals surface area contributed by atoms with Crippen molar-refractivity contribution in [2.24, 2.45) is 0 Å². The van der Waals surface area contributed by atoms with E-state index < -0.39 is 11.9 Å². The average Bonchev–Trinajstić information content (AvgIpc) is 2.46. The number of nitrogens with zero attached hydrogens (tertiary/aromatic N) is 1. The van der Waals surface area contributed by atoms with Gasteiger partial charge in [-0.1, -0.05) is 42.5 Å². The molecular weight excluding hydrogens is 256 g/mol. The molecule has 0 saturated carbocycles. The molecule has 2 aromatic rings. The van der Waals surface area contributed by atoms with E-state index in [1.807, 2.05) is 36.4 Å². The highest BCUT2D eigenvalue weighted by molar-refractivity contribution is 6.36. The summed E-state index contributed by atoms with van der Waals surface area (Å²) in [6.45, 7) is 0. The Hall–Kier alpha value is -2.95. The largest absolute Gasteiger partial charge is 0.474 e. The molecule has 2 rings (SSSR count). The van der Waals surface area contributed by atoms with E-state index in [-0.39, 0.29) is 5.82 Å².